The topological polar surface area (TPSA) is 42.6 Å². The number of nitriles is 1. The predicted octanol–water partition coefficient (Wildman–Crippen LogP) is 4.92. The zero-order valence-electron chi connectivity index (χ0n) is 14.8. The third kappa shape index (κ3) is 3.45. The van der Waals surface area contributed by atoms with Crippen LogP contribution in [0, 0.1) is 11.3 Å². The Morgan fingerprint density at radius 1 is 1.12 bits per heavy atom. The summed E-state index contributed by atoms with van der Waals surface area (Å²) in [6.45, 7) is 2.93. The van der Waals surface area contributed by atoms with Crippen LogP contribution in [0.15, 0.2) is 46.4 Å². The van der Waals surface area contributed by atoms with Crippen molar-refractivity contribution in [2.75, 3.05) is 19.6 Å². The van der Waals surface area contributed by atoms with E-state index in [1.807, 2.05) is 6.07 Å². The van der Waals surface area contributed by atoms with Crippen molar-refractivity contribution in [1.29, 1.82) is 5.26 Å². The maximum atomic E-state index is 9.85. The number of hydrogen-bond acceptors (Lipinski definition) is 4. The first kappa shape index (κ1) is 18.1. The Morgan fingerprint density at radius 2 is 1.88 bits per heavy atom. The van der Waals surface area contributed by atoms with Crippen molar-refractivity contribution in [2.45, 2.75) is 37.9 Å². The highest BCUT2D eigenvalue weighted by atomic mass is 32.9. The fraction of sp³-hybridized carbons (Fsp3) is 0.474. The van der Waals surface area contributed by atoms with Crippen LogP contribution in [0.25, 0.3) is 0 Å². The molecule has 1 aromatic carbocycles. The Balaban J connectivity index is 1.67. The van der Waals surface area contributed by atoms with Crippen LogP contribution in [0.2, 0.25) is 0 Å². The van der Waals surface area contributed by atoms with Crippen LogP contribution in [-0.2, 0) is 17.6 Å². The van der Waals surface area contributed by atoms with E-state index in [2.05, 4.69) is 39.9 Å². The first-order valence-corrected chi connectivity index (χ1v) is 13.6. The van der Waals surface area contributed by atoms with E-state index in [-0.39, 0.29) is 0 Å². The molecule has 0 aliphatic carbocycles. The predicted molar refractivity (Wildman–Crippen MR) is 113 cm³/mol. The molecule has 4 nitrogen and oxygen atoms in total. The quantitative estimate of drug-likeness (QED) is 0.672. The van der Waals surface area contributed by atoms with Gasteiger partial charge in [0.15, 0.2) is 11.4 Å². The monoisotopic (exact) mass is 402 g/mol. The summed E-state index contributed by atoms with van der Waals surface area (Å²) in [6.07, 6.45) is 5.66. The fourth-order valence-corrected chi connectivity index (χ4v) is 9.56. The van der Waals surface area contributed by atoms with Crippen molar-refractivity contribution in [3.8, 4) is 6.07 Å². The first-order chi connectivity index (χ1) is 12.7. The molecule has 0 radical (unpaired) electrons. The normalized spacial score (nSPS) is 25.7. The molecule has 0 saturated carbocycles. The summed E-state index contributed by atoms with van der Waals surface area (Å²) in [6, 6.07) is 12.9. The van der Waals surface area contributed by atoms with Crippen LogP contribution in [0.4, 0.5) is 0 Å². The standard InChI is InChI=1S/C19H23N4PS2/c20-14-17-18-10-7-13-23(18)24(25,26-15-16-8-3-1-4-9-16)21-19(17)22-11-5-2-6-12-22/h1,3-4,8-9H,2,5-7,10-13,15H2/t24-/m0/s1. The van der Waals surface area contributed by atoms with E-state index in [0.717, 1.165) is 55.3 Å². The molecular weight excluding hydrogens is 379 g/mol. The second kappa shape index (κ2) is 7.76. The number of fused-ring (bicyclic) bond motifs is 1. The molecule has 3 aliphatic heterocycles. The Bertz CT molecular complexity index is 822. The van der Waals surface area contributed by atoms with Gasteiger partial charge in [-0.05, 0) is 49.5 Å². The molecule has 3 heterocycles. The molecular formula is C19H23N4PS2. The largest absolute Gasteiger partial charge is 0.355 e. The molecule has 0 aromatic heterocycles. The Labute approximate surface area is 164 Å². The van der Waals surface area contributed by atoms with Gasteiger partial charge in [0.1, 0.15) is 11.6 Å². The number of hydrogen-bond donors (Lipinski definition) is 0. The average molecular weight is 403 g/mol. The van der Waals surface area contributed by atoms with Gasteiger partial charge in [-0.15, -0.1) is 0 Å². The van der Waals surface area contributed by atoms with Crippen molar-refractivity contribution in [2.24, 2.45) is 4.76 Å². The summed E-state index contributed by atoms with van der Waals surface area (Å²) < 4.78 is 7.43. The summed E-state index contributed by atoms with van der Waals surface area (Å²) in [5.41, 5.74) is 1.09. The molecule has 4 rings (SSSR count). The van der Waals surface area contributed by atoms with E-state index in [1.54, 1.807) is 11.4 Å². The van der Waals surface area contributed by atoms with Crippen molar-refractivity contribution in [3.05, 3.63) is 47.2 Å². The maximum absolute atomic E-state index is 9.85. The summed E-state index contributed by atoms with van der Waals surface area (Å²) in [5.74, 6) is 1.77. The lowest BCUT2D eigenvalue weighted by Crippen LogP contribution is -2.39. The van der Waals surface area contributed by atoms with Gasteiger partial charge in [-0.2, -0.15) is 5.26 Å². The SMILES string of the molecule is N#CC1=C2CCCN2[P@@](=S)(SCc2ccccc2)N=C1N1CCCCC1. The van der Waals surface area contributed by atoms with Gasteiger partial charge in [0.2, 0.25) is 0 Å². The molecule has 0 N–H and O–H groups in total. The molecule has 1 atom stereocenters. The van der Waals surface area contributed by atoms with E-state index < -0.39 is 5.54 Å². The number of nitrogens with zero attached hydrogens (tertiary/aromatic N) is 4. The number of amidine groups is 1. The molecule has 3 aliphatic rings. The van der Waals surface area contributed by atoms with Gasteiger partial charge in [-0.1, -0.05) is 41.7 Å². The summed E-state index contributed by atoms with van der Waals surface area (Å²) in [4.78, 5) is 2.31. The van der Waals surface area contributed by atoms with Gasteiger partial charge in [0, 0.05) is 31.1 Å². The molecule has 7 heteroatoms. The minimum atomic E-state index is -2.14. The third-order valence-corrected chi connectivity index (χ3v) is 11.5. The minimum Gasteiger partial charge on any atom is -0.355 e. The van der Waals surface area contributed by atoms with E-state index in [4.69, 9.17) is 16.6 Å². The lowest BCUT2D eigenvalue weighted by atomic mass is 10.1. The van der Waals surface area contributed by atoms with Gasteiger partial charge in [0.25, 0.3) is 0 Å². The van der Waals surface area contributed by atoms with E-state index >= 15 is 0 Å². The lowest BCUT2D eigenvalue weighted by Gasteiger charge is -2.39. The van der Waals surface area contributed by atoms with Crippen LogP contribution < -0.4 is 0 Å². The van der Waals surface area contributed by atoms with Gasteiger partial charge >= 0.3 is 0 Å². The Kier molecular flexibility index (Phi) is 5.40. The summed E-state index contributed by atoms with van der Waals surface area (Å²) >= 11 is 7.98. The molecule has 2 saturated heterocycles. The van der Waals surface area contributed by atoms with E-state index in [1.165, 1.54) is 24.8 Å². The smallest absolute Gasteiger partial charge is 0.200 e. The zero-order chi connectivity index (χ0) is 18.0. The third-order valence-electron chi connectivity index (χ3n) is 5.14. The number of piperidine rings is 1. The molecule has 1 aromatic rings. The molecule has 0 bridgehead atoms. The fourth-order valence-electron chi connectivity index (χ4n) is 3.82. The van der Waals surface area contributed by atoms with Crippen molar-refractivity contribution < 1.29 is 0 Å². The number of rotatable bonds is 3. The van der Waals surface area contributed by atoms with Gasteiger partial charge in [-0.25, -0.2) is 4.76 Å². The van der Waals surface area contributed by atoms with Crippen LogP contribution in [0.3, 0.4) is 0 Å². The first-order valence-electron chi connectivity index (χ1n) is 9.26. The number of allylic oxidation sites excluding steroid dienone is 1. The van der Waals surface area contributed by atoms with Gasteiger partial charge < -0.3 is 9.57 Å². The molecule has 0 spiro atoms. The zero-order valence-corrected chi connectivity index (χ0v) is 17.3. The molecule has 2 fully saturated rings. The highest BCUT2D eigenvalue weighted by Gasteiger charge is 2.40. The second-order valence-corrected chi connectivity index (χ2v) is 13.6. The summed E-state index contributed by atoms with van der Waals surface area (Å²) in [5, 5.41) is 9.85. The lowest BCUT2D eigenvalue weighted by molar-refractivity contribution is 0.342. The number of likely N-dealkylation sites (tertiary alicyclic amines) is 1. The van der Waals surface area contributed by atoms with Gasteiger partial charge in [0.05, 0.1) is 0 Å². The molecule has 136 valence electrons. The molecule has 0 amide bonds. The van der Waals surface area contributed by atoms with E-state index in [0.29, 0.717) is 0 Å². The highest BCUT2D eigenvalue weighted by Crippen LogP contribution is 2.69. The maximum Gasteiger partial charge on any atom is 0.200 e. The van der Waals surface area contributed by atoms with Crippen molar-refractivity contribution in [1.82, 2.24) is 9.57 Å². The molecule has 26 heavy (non-hydrogen) atoms. The second-order valence-electron chi connectivity index (χ2n) is 6.88. The Morgan fingerprint density at radius 3 is 2.62 bits per heavy atom. The van der Waals surface area contributed by atoms with Crippen LogP contribution >= 0.6 is 16.9 Å². The Hall–Kier alpha value is -1.28. The summed E-state index contributed by atoms with van der Waals surface area (Å²) in [7, 11) is 0. The van der Waals surface area contributed by atoms with Crippen LogP contribution in [0.5, 0.6) is 0 Å². The minimum absolute atomic E-state index is 0.783. The highest BCUT2D eigenvalue weighted by molar-refractivity contribution is 8.69. The average Bonchev–Trinajstić information content (AvgIpc) is 3.19. The van der Waals surface area contributed by atoms with Crippen molar-refractivity contribution >= 4 is 34.6 Å². The van der Waals surface area contributed by atoms with Gasteiger partial charge in [-0.3, -0.25) is 0 Å². The van der Waals surface area contributed by atoms with Crippen LogP contribution in [-0.4, -0.2) is 35.0 Å². The molecule has 0 unspecified atom stereocenters. The number of benzene rings is 1. The van der Waals surface area contributed by atoms with Crippen molar-refractivity contribution in [3.63, 3.8) is 0 Å². The van der Waals surface area contributed by atoms with Crippen LogP contribution in [0.1, 0.15) is 37.7 Å². The van der Waals surface area contributed by atoms with E-state index in [9.17, 15) is 5.26 Å².